The van der Waals surface area contributed by atoms with Crippen LogP contribution in [0.25, 0.3) is 0 Å². The molecule has 10 atom stereocenters. The van der Waals surface area contributed by atoms with Crippen LogP contribution in [0.2, 0.25) is 0 Å². The van der Waals surface area contributed by atoms with Crippen molar-refractivity contribution < 1.29 is 18.9 Å². The van der Waals surface area contributed by atoms with E-state index in [1.54, 1.807) is 0 Å². The van der Waals surface area contributed by atoms with Gasteiger partial charge in [-0.2, -0.15) is 0 Å². The van der Waals surface area contributed by atoms with Gasteiger partial charge in [0.1, 0.15) is 0 Å². The highest BCUT2D eigenvalue weighted by Gasteiger charge is 2.69. The van der Waals surface area contributed by atoms with Gasteiger partial charge in [0.05, 0.1) is 25.4 Å². The smallest absolute Gasteiger partial charge is 0.172 e. The zero-order valence-electron chi connectivity index (χ0n) is 22.5. The molecule has 0 amide bonds. The maximum Gasteiger partial charge on any atom is 0.172 e. The predicted octanol–water partition coefficient (Wildman–Crippen LogP) is 6.73. The van der Waals surface area contributed by atoms with E-state index in [-0.39, 0.29) is 17.6 Å². The van der Waals surface area contributed by atoms with Gasteiger partial charge in [-0.1, -0.05) is 39.8 Å². The second-order valence-corrected chi connectivity index (χ2v) is 13.7. The molecule has 2 heterocycles. The summed E-state index contributed by atoms with van der Waals surface area (Å²) in [7, 11) is 0. The van der Waals surface area contributed by atoms with Crippen molar-refractivity contribution in [3.8, 4) is 0 Å². The summed E-state index contributed by atoms with van der Waals surface area (Å²) in [5, 5.41) is 0. The van der Waals surface area contributed by atoms with E-state index in [1.807, 2.05) is 0 Å². The van der Waals surface area contributed by atoms with Crippen LogP contribution in [0.4, 0.5) is 0 Å². The van der Waals surface area contributed by atoms with Gasteiger partial charge in [0, 0.05) is 12.3 Å². The van der Waals surface area contributed by atoms with E-state index in [4.69, 9.17) is 18.9 Å². The number of fused-ring (bicyclic) bond motifs is 7. The third kappa shape index (κ3) is 3.37. The molecule has 192 valence electrons. The van der Waals surface area contributed by atoms with Gasteiger partial charge in [-0.25, -0.2) is 0 Å². The van der Waals surface area contributed by atoms with Gasteiger partial charge in [-0.15, -0.1) is 0 Å². The van der Waals surface area contributed by atoms with Crippen LogP contribution in [-0.2, 0) is 18.9 Å². The van der Waals surface area contributed by atoms with Crippen LogP contribution in [0.1, 0.15) is 92.9 Å². The van der Waals surface area contributed by atoms with Crippen LogP contribution in [-0.4, -0.2) is 37.0 Å². The van der Waals surface area contributed by atoms with Crippen LogP contribution in [0.15, 0.2) is 12.2 Å². The molecule has 3 unspecified atom stereocenters. The number of rotatable bonds is 3. The highest BCUT2D eigenvalue weighted by molar-refractivity contribution is 5.16. The first-order chi connectivity index (χ1) is 16.1. The Morgan fingerprint density at radius 3 is 2.32 bits per heavy atom. The van der Waals surface area contributed by atoms with Crippen molar-refractivity contribution >= 4 is 0 Å². The molecule has 6 aliphatic rings. The standard InChI is InChI=1S/C30H48O4/c1-7-8-9-19(2)21-10-11-22-20-17-30(31-14-15-32-30)26-16-24-25(34-27(3,4)33-24)18-29(26,6)23(20)12-13-28(21,22)5/h8-9,19-26H,7,10-18H2,1-6H3/b9-8-/t19-,20?,21-,22?,23?,24+,25-,26+,28-,29-/m1/s1. The molecule has 4 aliphatic carbocycles. The molecule has 0 N–H and O–H groups in total. The fourth-order valence-corrected chi connectivity index (χ4v) is 10.5. The third-order valence-electron chi connectivity index (χ3n) is 11.7. The molecule has 4 nitrogen and oxygen atoms in total. The summed E-state index contributed by atoms with van der Waals surface area (Å²) in [5.74, 6) is 3.20. The van der Waals surface area contributed by atoms with Crippen LogP contribution in [0.3, 0.4) is 0 Å². The van der Waals surface area contributed by atoms with Crippen LogP contribution >= 0.6 is 0 Å². The van der Waals surface area contributed by atoms with Crippen LogP contribution in [0.5, 0.6) is 0 Å². The molecule has 6 rings (SSSR count). The van der Waals surface area contributed by atoms with Gasteiger partial charge in [-0.05, 0) is 99.2 Å². The molecular formula is C30H48O4. The summed E-state index contributed by atoms with van der Waals surface area (Å²) in [6.45, 7) is 15.6. The molecule has 6 fully saturated rings. The van der Waals surface area contributed by atoms with Gasteiger partial charge >= 0.3 is 0 Å². The molecule has 2 saturated heterocycles. The summed E-state index contributed by atoms with van der Waals surface area (Å²) in [5.41, 5.74) is 0.624. The van der Waals surface area contributed by atoms with Gasteiger partial charge in [0.25, 0.3) is 0 Å². The fourth-order valence-electron chi connectivity index (χ4n) is 10.5. The van der Waals surface area contributed by atoms with Crippen molar-refractivity contribution in [1.82, 2.24) is 0 Å². The normalized spacial score (nSPS) is 51.8. The first kappa shape index (κ1) is 23.9. The Bertz CT molecular complexity index is 815. The number of allylic oxidation sites excluding steroid dienone is 2. The Kier molecular flexibility index (Phi) is 5.66. The zero-order chi connectivity index (χ0) is 23.9. The van der Waals surface area contributed by atoms with Crippen molar-refractivity contribution in [2.75, 3.05) is 13.2 Å². The summed E-state index contributed by atoms with van der Waals surface area (Å²) in [6.07, 6.45) is 15.1. The zero-order valence-corrected chi connectivity index (χ0v) is 22.5. The molecule has 1 spiro atoms. The molecule has 2 aliphatic heterocycles. The molecule has 34 heavy (non-hydrogen) atoms. The first-order valence-electron chi connectivity index (χ1n) is 14.4. The second kappa shape index (κ2) is 8.04. The quantitative estimate of drug-likeness (QED) is 0.427. The Morgan fingerprint density at radius 1 is 0.882 bits per heavy atom. The lowest BCUT2D eigenvalue weighted by atomic mass is 9.42. The van der Waals surface area contributed by atoms with Crippen LogP contribution < -0.4 is 0 Å². The molecule has 0 aromatic rings. The van der Waals surface area contributed by atoms with E-state index < -0.39 is 11.6 Å². The highest BCUT2D eigenvalue weighted by atomic mass is 16.8. The van der Waals surface area contributed by atoms with E-state index in [0.29, 0.717) is 23.2 Å². The molecule has 0 radical (unpaired) electrons. The lowest BCUT2D eigenvalue weighted by Crippen LogP contribution is -2.65. The number of hydrogen-bond acceptors (Lipinski definition) is 4. The highest BCUT2D eigenvalue weighted by Crippen LogP contribution is 2.71. The average molecular weight is 473 g/mol. The molecule has 4 heteroatoms. The Hall–Kier alpha value is -0.420. The molecule has 4 saturated carbocycles. The van der Waals surface area contributed by atoms with E-state index in [9.17, 15) is 0 Å². The monoisotopic (exact) mass is 472 g/mol. The van der Waals surface area contributed by atoms with Gasteiger partial charge in [0.2, 0.25) is 0 Å². The van der Waals surface area contributed by atoms with Crippen molar-refractivity contribution in [3.63, 3.8) is 0 Å². The van der Waals surface area contributed by atoms with E-state index >= 15 is 0 Å². The van der Waals surface area contributed by atoms with Crippen LogP contribution in [0, 0.1) is 46.3 Å². The predicted molar refractivity (Wildman–Crippen MR) is 133 cm³/mol. The first-order valence-corrected chi connectivity index (χ1v) is 14.4. The van der Waals surface area contributed by atoms with E-state index in [1.165, 1.54) is 25.7 Å². The summed E-state index contributed by atoms with van der Waals surface area (Å²) in [4.78, 5) is 0. The van der Waals surface area contributed by atoms with E-state index in [0.717, 1.165) is 56.7 Å². The van der Waals surface area contributed by atoms with Gasteiger partial charge < -0.3 is 18.9 Å². The number of ether oxygens (including phenoxy) is 4. The molecule has 0 bridgehead atoms. The molecule has 0 aromatic heterocycles. The summed E-state index contributed by atoms with van der Waals surface area (Å²) in [6, 6.07) is 0. The summed E-state index contributed by atoms with van der Waals surface area (Å²) >= 11 is 0. The lowest BCUT2D eigenvalue weighted by molar-refractivity contribution is -0.300. The summed E-state index contributed by atoms with van der Waals surface area (Å²) < 4.78 is 26.2. The van der Waals surface area contributed by atoms with Gasteiger partial charge in [-0.3, -0.25) is 0 Å². The van der Waals surface area contributed by atoms with Crippen molar-refractivity contribution in [1.29, 1.82) is 0 Å². The van der Waals surface area contributed by atoms with Crippen molar-refractivity contribution in [3.05, 3.63) is 12.2 Å². The maximum atomic E-state index is 6.64. The number of hydrogen-bond donors (Lipinski definition) is 0. The minimum absolute atomic E-state index is 0.171. The van der Waals surface area contributed by atoms with E-state index in [2.05, 4.69) is 53.7 Å². The molecular weight excluding hydrogens is 424 g/mol. The third-order valence-corrected chi connectivity index (χ3v) is 11.7. The topological polar surface area (TPSA) is 36.9 Å². The molecule has 0 aromatic carbocycles. The van der Waals surface area contributed by atoms with Crippen molar-refractivity contribution in [2.45, 2.75) is 117 Å². The average Bonchev–Trinajstić information content (AvgIpc) is 3.45. The fraction of sp³-hybridized carbons (Fsp3) is 0.933. The van der Waals surface area contributed by atoms with Crippen molar-refractivity contribution in [2.24, 2.45) is 46.3 Å². The largest absolute Gasteiger partial charge is 0.347 e. The Morgan fingerprint density at radius 2 is 1.59 bits per heavy atom. The maximum absolute atomic E-state index is 6.64. The Labute approximate surface area is 207 Å². The minimum Gasteiger partial charge on any atom is -0.347 e. The minimum atomic E-state index is -0.477. The second-order valence-electron chi connectivity index (χ2n) is 13.7. The Balaban J connectivity index is 1.34. The lowest BCUT2D eigenvalue weighted by Gasteiger charge is -2.65. The van der Waals surface area contributed by atoms with Gasteiger partial charge in [0.15, 0.2) is 11.6 Å². The SMILES string of the molecule is CC/C=C\[C@@H](C)[C@H]1CCC2C3CC4(OCCO4)[C@H]4C[C@@H]5OC(C)(C)O[C@@H]5C[C@]4(C)C3CC[C@@]21C.